The summed E-state index contributed by atoms with van der Waals surface area (Å²) in [6, 6.07) is 15.8. The van der Waals surface area contributed by atoms with Gasteiger partial charge in [0.2, 0.25) is 35.4 Å². The first-order valence-corrected chi connectivity index (χ1v) is 17.3. The van der Waals surface area contributed by atoms with E-state index in [0.717, 1.165) is 27.2 Å². The van der Waals surface area contributed by atoms with Gasteiger partial charge in [0, 0.05) is 55.9 Å². The molecule has 3 aromatic carbocycles. The topological polar surface area (TPSA) is 269 Å². The van der Waals surface area contributed by atoms with Gasteiger partial charge in [0.05, 0.1) is 0 Å². The average Bonchev–Trinajstić information content (AvgIpc) is 3.54. The number of H-pyrrole nitrogens is 1. The number of amides is 6. The summed E-state index contributed by atoms with van der Waals surface area (Å²) >= 11 is 0. The number of guanidine groups is 1. The van der Waals surface area contributed by atoms with E-state index in [1.807, 2.05) is 66.7 Å². The van der Waals surface area contributed by atoms with Crippen LogP contribution in [-0.4, -0.2) is 83.6 Å². The summed E-state index contributed by atoms with van der Waals surface area (Å²) in [6.07, 6.45) is 1.57. The number of primary amides is 1. The van der Waals surface area contributed by atoms with E-state index in [1.165, 1.54) is 0 Å². The Hall–Kier alpha value is -6.45. The van der Waals surface area contributed by atoms with E-state index in [-0.39, 0.29) is 57.6 Å². The summed E-state index contributed by atoms with van der Waals surface area (Å²) < 4.78 is 0. The van der Waals surface area contributed by atoms with Crippen molar-refractivity contribution in [2.24, 2.45) is 22.2 Å². The fourth-order valence-corrected chi connectivity index (χ4v) is 6.15. The van der Waals surface area contributed by atoms with E-state index in [4.69, 9.17) is 17.2 Å². The molecule has 1 aromatic heterocycles. The van der Waals surface area contributed by atoms with Crippen molar-refractivity contribution in [2.45, 2.75) is 62.7 Å². The molecule has 4 aromatic rings. The zero-order valence-electron chi connectivity index (χ0n) is 29.0. The molecule has 0 spiro atoms. The number of benzene rings is 3. The van der Waals surface area contributed by atoms with E-state index >= 15 is 0 Å². The summed E-state index contributed by atoms with van der Waals surface area (Å²) in [5.74, 6) is -4.34. The fraction of sp³-hybridized carbons (Fsp3) is 0.324. The summed E-state index contributed by atoms with van der Waals surface area (Å²) in [5.41, 5.74) is 18.8. The fourth-order valence-electron chi connectivity index (χ4n) is 6.15. The van der Waals surface area contributed by atoms with E-state index in [1.54, 1.807) is 6.20 Å². The first-order chi connectivity index (χ1) is 25.5. The van der Waals surface area contributed by atoms with Crippen molar-refractivity contribution in [1.82, 2.24) is 31.6 Å². The highest BCUT2D eigenvalue weighted by Gasteiger charge is 2.32. The highest BCUT2D eigenvalue weighted by atomic mass is 16.2. The third-order valence-corrected chi connectivity index (χ3v) is 8.96. The van der Waals surface area contributed by atoms with Gasteiger partial charge in [-0.25, -0.2) is 0 Å². The quantitative estimate of drug-likeness (QED) is 0.0615. The predicted molar refractivity (Wildman–Crippen MR) is 199 cm³/mol. The van der Waals surface area contributed by atoms with Gasteiger partial charge in [0.1, 0.15) is 24.2 Å². The van der Waals surface area contributed by atoms with Crippen LogP contribution < -0.4 is 43.8 Å². The van der Waals surface area contributed by atoms with Gasteiger partial charge in [-0.2, -0.15) is 0 Å². The van der Waals surface area contributed by atoms with Crippen molar-refractivity contribution < 1.29 is 28.8 Å². The van der Waals surface area contributed by atoms with Crippen molar-refractivity contribution in [1.29, 1.82) is 0 Å². The number of carbonyl (C=O) groups is 6. The van der Waals surface area contributed by atoms with Gasteiger partial charge in [0.15, 0.2) is 5.96 Å². The summed E-state index contributed by atoms with van der Waals surface area (Å²) in [7, 11) is 0. The van der Waals surface area contributed by atoms with Crippen molar-refractivity contribution >= 4 is 63.1 Å². The van der Waals surface area contributed by atoms with Gasteiger partial charge < -0.3 is 48.8 Å². The second-order valence-corrected chi connectivity index (χ2v) is 12.9. The largest absolute Gasteiger partial charge is 0.370 e. The van der Waals surface area contributed by atoms with Gasteiger partial charge >= 0.3 is 0 Å². The van der Waals surface area contributed by atoms with Gasteiger partial charge in [-0.1, -0.05) is 60.7 Å². The average molecular weight is 725 g/mol. The van der Waals surface area contributed by atoms with Crippen molar-refractivity contribution in [3.8, 4) is 0 Å². The Morgan fingerprint density at radius 1 is 0.717 bits per heavy atom. The van der Waals surface area contributed by atoms with Crippen LogP contribution in [0.25, 0.3) is 21.7 Å². The zero-order chi connectivity index (χ0) is 37.9. The van der Waals surface area contributed by atoms with Gasteiger partial charge in [-0.15, -0.1) is 0 Å². The van der Waals surface area contributed by atoms with Crippen LogP contribution in [0, 0.1) is 0 Å². The van der Waals surface area contributed by atoms with Crippen molar-refractivity contribution in [2.75, 3.05) is 13.1 Å². The van der Waals surface area contributed by atoms with Crippen LogP contribution in [0.2, 0.25) is 0 Å². The smallest absolute Gasteiger partial charge is 0.243 e. The number of carbonyl (C=O) groups excluding carboxylic acids is 6. The number of para-hydroxylation sites is 1. The number of rotatable bonds is 9. The third-order valence-electron chi connectivity index (χ3n) is 8.96. The number of fused-ring (bicyclic) bond motifs is 2. The van der Waals surface area contributed by atoms with Crippen LogP contribution in [-0.2, 0) is 41.6 Å². The van der Waals surface area contributed by atoms with Crippen molar-refractivity contribution in [3.63, 3.8) is 0 Å². The van der Waals surface area contributed by atoms with E-state index in [0.29, 0.717) is 5.56 Å². The second kappa shape index (κ2) is 17.7. The van der Waals surface area contributed by atoms with E-state index in [2.05, 4.69) is 36.6 Å². The molecule has 5 rings (SSSR count). The lowest BCUT2D eigenvalue weighted by molar-refractivity contribution is -0.134. The molecule has 16 nitrogen and oxygen atoms in total. The van der Waals surface area contributed by atoms with Gasteiger partial charge in [-0.3, -0.25) is 33.8 Å². The number of aromatic nitrogens is 1. The molecule has 1 aliphatic rings. The SMILES string of the molecule is NC(=O)C1CNC(=O)CCC(=O)N[C@H](Cc2ccc3ccccc3c2)C(=O)N[C@@H](CCCN=C(N)N)C(=O)N[C@@H](Cc2c[nH]c3ccccc23)C(=O)N1. The monoisotopic (exact) mass is 724 g/mol. The first kappa shape index (κ1) is 37.8. The van der Waals surface area contributed by atoms with Gasteiger partial charge in [0.25, 0.3) is 0 Å². The lowest BCUT2D eigenvalue weighted by Crippen LogP contribution is -2.59. The Bertz CT molecular complexity index is 2020. The number of aliphatic imine (C=N–C) groups is 1. The molecule has 16 heteroatoms. The minimum atomic E-state index is -1.33. The zero-order valence-corrected chi connectivity index (χ0v) is 29.0. The molecule has 2 heterocycles. The minimum Gasteiger partial charge on any atom is -0.370 e. The lowest BCUT2D eigenvalue weighted by atomic mass is 10.00. The Balaban J connectivity index is 1.48. The summed E-state index contributed by atoms with van der Waals surface area (Å²) in [4.78, 5) is 87.3. The van der Waals surface area contributed by atoms with Gasteiger partial charge in [-0.05, 0) is 40.8 Å². The van der Waals surface area contributed by atoms with Crippen LogP contribution in [0.15, 0.2) is 77.9 Å². The number of nitrogens with two attached hydrogens (primary N) is 3. The molecule has 278 valence electrons. The molecular formula is C37H44N10O6. The molecule has 1 unspecified atom stereocenters. The Kier molecular flexibility index (Phi) is 12.6. The number of nitrogens with one attached hydrogen (secondary N) is 6. The highest BCUT2D eigenvalue weighted by Crippen LogP contribution is 2.20. The predicted octanol–water partition coefficient (Wildman–Crippen LogP) is -0.506. The molecule has 1 aliphatic heterocycles. The maximum Gasteiger partial charge on any atom is 0.243 e. The molecule has 4 atom stereocenters. The Morgan fingerprint density at radius 3 is 2.15 bits per heavy atom. The Morgan fingerprint density at radius 2 is 1.38 bits per heavy atom. The van der Waals surface area contributed by atoms with E-state index in [9.17, 15) is 28.8 Å². The maximum atomic E-state index is 14.1. The molecule has 6 amide bonds. The van der Waals surface area contributed by atoms with E-state index < -0.39 is 59.6 Å². The number of aromatic amines is 1. The highest BCUT2D eigenvalue weighted by molar-refractivity contribution is 5.97. The molecular weight excluding hydrogens is 680 g/mol. The minimum absolute atomic E-state index is 0.00522. The van der Waals surface area contributed by atoms with Crippen LogP contribution in [0.4, 0.5) is 0 Å². The summed E-state index contributed by atoms with van der Waals surface area (Å²) in [6.45, 7) is -0.201. The number of hydrogen-bond donors (Lipinski definition) is 9. The molecule has 0 bridgehead atoms. The maximum absolute atomic E-state index is 14.1. The van der Waals surface area contributed by atoms with Crippen LogP contribution in [0.1, 0.15) is 36.8 Å². The molecule has 1 fully saturated rings. The lowest BCUT2D eigenvalue weighted by Gasteiger charge is -2.26. The van der Waals surface area contributed by atoms with Crippen molar-refractivity contribution in [3.05, 3.63) is 84.1 Å². The molecule has 0 saturated carbocycles. The first-order valence-electron chi connectivity index (χ1n) is 17.3. The molecule has 53 heavy (non-hydrogen) atoms. The molecule has 0 aliphatic carbocycles. The summed E-state index contributed by atoms with van der Waals surface area (Å²) in [5, 5.41) is 16.1. The molecule has 1 saturated heterocycles. The number of nitrogens with zero attached hydrogens (tertiary/aromatic N) is 1. The standard InChI is InChI=1S/C37H44N10O6/c38-33(50)30-20-43-31(48)13-14-32(49)44-28(17-21-11-12-22-6-1-2-7-23(22)16-21)35(52)45-27(10-5-15-41-37(39)40)34(51)46-29(36(53)47-30)18-24-19-42-26-9-4-3-8-25(24)26/h1-4,6-9,11-12,16,19,27-30,42H,5,10,13-15,17-18,20H2,(H2,38,50)(H,43,48)(H,44,49)(H,45,52)(H,46,51)(H,47,53)(H4,39,40,41)/t27-,28+,29-,30?/m0/s1. The van der Waals surface area contributed by atoms with Crippen LogP contribution in [0.3, 0.4) is 0 Å². The third kappa shape index (κ3) is 10.5. The normalized spacial score (nSPS) is 20.7. The Labute approximate surface area is 305 Å². The second-order valence-electron chi connectivity index (χ2n) is 12.9. The molecule has 0 radical (unpaired) electrons. The molecule has 12 N–H and O–H groups in total. The number of hydrogen-bond acceptors (Lipinski definition) is 7. The van der Waals surface area contributed by atoms with Crippen LogP contribution in [0.5, 0.6) is 0 Å². The van der Waals surface area contributed by atoms with Crippen LogP contribution >= 0.6 is 0 Å².